The lowest BCUT2D eigenvalue weighted by molar-refractivity contribution is -0.0224. The number of halogens is 2. The maximum absolute atomic E-state index is 12.3. The molecule has 5 nitrogen and oxygen atoms in total. The average Bonchev–Trinajstić information content (AvgIpc) is 2.80. The van der Waals surface area contributed by atoms with E-state index < -0.39 is 5.60 Å². The van der Waals surface area contributed by atoms with Crippen LogP contribution in [0.4, 0.5) is 0 Å². The molecule has 3 atom stereocenters. The molecular weight excluding hydrogens is 469 g/mol. The van der Waals surface area contributed by atoms with Crippen molar-refractivity contribution in [1.29, 1.82) is 0 Å². The Morgan fingerprint density at radius 2 is 1.91 bits per heavy atom. The molecule has 1 aliphatic rings. The van der Waals surface area contributed by atoms with E-state index in [-0.39, 0.29) is 12.0 Å². The summed E-state index contributed by atoms with van der Waals surface area (Å²) in [4.78, 5) is 7.09. The minimum absolute atomic E-state index is 0.180. The molecule has 2 aromatic carbocycles. The summed E-state index contributed by atoms with van der Waals surface area (Å²) in [5.74, 6) is 0.179. The maximum atomic E-state index is 12.3. The Morgan fingerprint density at radius 1 is 1.18 bits per heavy atom. The highest BCUT2D eigenvalue weighted by molar-refractivity contribution is 6.31. The molecule has 1 fully saturated rings. The Kier molecular flexibility index (Phi) is 8.01. The van der Waals surface area contributed by atoms with Crippen molar-refractivity contribution < 1.29 is 9.84 Å². The molecule has 4 rings (SSSR count). The van der Waals surface area contributed by atoms with Crippen molar-refractivity contribution in [1.82, 2.24) is 15.2 Å². The lowest BCUT2D eigenvalue weighted by Crippen LogP contribution is -2.54. The standard InChI is InChI=1S/C27H33Cl2N3O2/c1-4-13-32(2)17-22-16-27(33,11-12-30-22)25(18-5-7-20(28)8-6-18)23-15-19-14-21(29)9-10-24(19)31-26(23)34-3/h5-10,14-15,22,25,30,33H,4,11-13,16-17H2,1-3H3. The Labute approximate surface area is 212 Å². The van der Waals surface area contributed by atoms with Crippen molar-refractivity contribution in [2.75, 3.05) is 33.8 Å². The van der Waals surface area contributed by atoms with Gasteiger partial charge in [0.2, 0.25) is 5.88 Å². The third kappa shape index (κ3) is 5.50. The molecule has 0 amide bonds. The number of hydrogen-bond donors (Lipinski definition) is 2. The number of nitrogens with zero attached hydrogens (tertiary/aromatic N) is 2. The van der Waals surface area contributed by atoms with E-state index in [1.807, 2.05) is 42.5 Å². The molecule has 0 aliphatic carbocycles. The van der Waals surface area contributed by atoms with Gasteiger partial charge in [0.1, 0.15) is 0 Å². The number of methoxy groups -OCH3 is 1. The number of fused-ring (bicyclic) bond motifs is 1. The second kappa shape index (κ2) is 10.8. The second-order valence-electron chi connectivity index (χ2n) is 9.38. The van der Waals surface area contributed by atoms with Crippen LogP contribution in [0.2, 0.25) is 10.0 Å². The van der Waals surface area contributed by atoms with Crippen molar-refractivity contribution >= 4 is 34.1 Å². The quantitative estimate of drug-likeness (QED) is 0.426. The minimum Gasteiger partial charge on any atom is -0.481 e. The molecule has 2 N–H and O–H groups in total. The topological polar surface area (TPSA) is 57.6 Å². The predicted octanol–water partition coefficient (Wildman–Crippen LogP) is 5.51. The Balaban J connectivity index is 1.81. The molecule has 34 heavy (non-hydrogen) atoms. The molecular formula is C27H33Cl2N3O2. The van der Waals surface area contributed by atoms with E-state index >= 15 is 0 Å². The largest absolute Gasteiger partial charge is 0.481 e. The molecule has 0 bridgehead atoms. The minimum atomic E-state index is -0.988. The van der Waals surface area contributed by atoms with Crippen molar-refractivity contribution in [3.05, 3.63) is 69.7 Å². The van der Waals surface area contributed by atoms with Crippen LogP contribution in [0, 0.1) is 0 Å². The highest BCUT2D eigenvalue weighted by atomic mass is 35.5. The van der Waals surface area contributed by atoms with Gasteiger partial charge in [-0.05, 0) is 81.4 Å². The smallest absolute Gasteiger partial charge is 0.217 e. The third-order valence-corrected chi connectivity index (χ3v) is 7.23. The summed E-state index contributed by atoms with van der Waals surface area (Å²) in [7, 11) is 3.76. The molecule has 182 valence electrons. The number of likely N-dealkylation sites (N-methyl/N-ethyl adjacent to an activating group) is 1. The summed E-state index contributed by atoms with van der Waals surface area (Å²) in [6.45, 7) is 4.83. The van der Waals surface area contributed by atoms with Gasteiger partial charge in [0, 0.05) is 39.5 Å². The van der Waals surface area contributed by atoms with Crippen LogP contribution < -0.4 is 10.1 Å². The number of aliphatic hydroxyl groups is 1. The Hall–Kier alpha value is -1.89. The zero-order valence-electron chi connectivity index (χ0n) is 20.0. The van der Waals surface area contributed by atoms with E-state index in [0.717, 1.165) is 48.1 Å². The summed E-state index contributed by atoms with van der Waals surface area (Å²) in [5, 5.41) is 18.1. The van der Waals surface area contributed by atoms with Gasteiger partial charge < -0.3 is 20.1 Å². The maximum Gasteiger partial charge on any atom is 0.217 e. The molecule has 0 spiro atoms. The first-order chi connectivity index (χ1) is 16.3. The van der Waals surface area contributed by atoms with Gasteiger partial charge in [-0.1, -0.05) is 42.3 Å². The van der Waals surface area contributed by atoms with Crippen LogP contribution in [0.15, 0.2) is 48.5 Å². The van der Waals surface area contributed by atoms with Crippen LogP contribution in [0.5, 0.6) is 5.88 Å². The van der Waals surface area contributed by atoms with Crippen molar-refractivity contribution in [2.24, 2.45) is 0 Å². The van der Waals surface area contributed by atoms with E-state index in [1.165, 1.54) is 0 Å². The molecule has 1 saturated heterocycles. The van der Waals surface area contributed by atoms with Crippen LogP contribution in [-0.4, -0.2) is 60.4 Å². The van der Waals surface area contributed by atoms with E-state index in [2.05, 4.69) is 30.3 Å². The molecule has 3 aromatic rings. The third-order valence-electron chi connectivity index (χ3n) is 6.74. The first kappa shape index (κ1) is 25.2. The average molecular weight is 502 g/mol. The first-order valence-corrected chi connectivity index (χ1v) is 12.6. The number of piperidine rings is 1. The number of rotatable bonds is 8. The summed E-state index contributed by atoms with van der Waals surface area (Å²) in [5.41, 5.74) is 1.65. The van der Waals surface area contributed by atoms with Crippen molar-refractivity contribution in [2.45, 2.75) is 43.7 Å². The highest BCUT2D eigenvalue weighted by Gasteiger charge is 2.44. The summed E-state index contributed by atoms with van der Waals surface area (Å²) in [6.07, 6.45) is 2.33. The molecule has 0 saturated carbocycles. The molecule has 3 unspecified atom stereocenters. The molecule has 1 aromatic heterocycles. The number of ether oxygens (including phenoxy) is 1. The number of benzene rings is 2. The summed E-state index contributed by atoms with van der Waals surface area (Å²) in [6, 6.07) is 15.6. The van der Waals surface area contributed by atoms with Gasteiger partial charge in [-0.3, -0.25) is 0 Å². The van der Waals surface area contributed by atoms with Crippen molar-refractivity contribution in [3.63, 3.8) is 0 Å². The summed E-state index contributed by atoms with van der Waals surface area (Å²) < 4.78 is 5.76. The number of nitrogens with one attached hydrogen (secondary N) is 1. The number of pyridine rings is 1. The van der Waals surface area contributed by atoms with E-state index in [9.17, 15) is 5.11 Å². The first-order valence-electron chi connectivity index (χ1n) is 11.9. The van der Waals surface area contributed by atoms with Gasteiger partial charge in [0.15, 0.2) is 0 Å². The van der Waals surface area contributed by atoms with E-state index in [1.54, 1.807) is 7.11 Å². The lowest BCUT2D eigenvalue weighted by atomic mass is 9.71. The SMILES string of the molecule is CCCN(C)CC1CC(O)(C(c2ccc(Cl)cc2)c2cc3cc(Cl)ccc3nc2OC)CCN1. The van der Waals surface area contributed by atoms with Crippen LogP contribution >= 0.6 is 23.2 Å². The van der Waals surface area contributed by atoms with Crippen LogP contribution in [0.3, 0.4) is 0 Å². The van der Waals surface area contributed by atoms with Gasteiger partial charge in [-0.25, -0.2) is 4.98 Å². The van der Waals surface area contributed by atoms with Crippen LogP contribution in [-0.2, 0) is 0 Å². The van der Waals surface area contributed by atoms with Gasteiger partial charge in [-0.2, -0.15) is 0 Å². The Bertz CT molecular complexity index is 1120. The fourth-order valence-corrected chi connectivity index (χ4v) is 5.59. The van der Waals surface area contributed by atoms with Gasteiger partial charge >= 0.3 is 0 Å². The normalized spacial score (nSPS) is 21.7. The fraction of sp³-hybridized carbons (Fsp3) is 0.444. The molecule has 2 heterocycles. The number of hydrogen-bond acceptors (Lipinski definition) is 5. The predicted molar refractivity (Wildman–Crippen MR) is 140 cm³/mol. The molecule has 0 radical (unpaired) electrons. The van der Waals surface area contributed by atoms with Gasteiger partial charge in [-0.15, -0.1) is 0 Å². The zero-order chi connectivity index (χ0) is 24.3. The molecule has 1 aliphatic heterocycles. The Morgan fingerprint density at radius 3 is 2.62 bits per heavy atom. The lowest BCUT2D eigenvalue weighted by Gasteiger charge is -2.44. The van der Waals surface area contributed by atoms with Crippen LogP contribution in [0.1, 0.15) is 43.2 Å². The van der Waals surface area contributed by atoms with Gasteiger partial charge in [0.05, 0.1) is 18.2 Å². The zero-order valence-corrected chi connectivity index (χ0v) is 21.5. The van der Waals surface area contributed by atoms with E-state index in [0.29, 0.717) is 28.8 Å². The monoisotopic (exact) mass is 501 g/mol. The number of aromatic nitrogens is 1. The fourth-order valence-electron chi connectivity index (χ4n) is 5.28. The van der Waals surface area contributed by atoms with Crippen LogP contribution in [0.25, 0.3) is 10.9 Å². The van der Waals surface area contributed by atoms with Gasteiger partial charge in [0.25, 0.3) is 0 Å². The second-order valence-corrected chi connectivity index (χ2v) is 10.3. The van der Waals surface area contributed by atoms with Crippen molar-refractivity contribution in [3.8, 4) is 5.88 Å². The summed E-state index contributed by atoms with van der Waals surface area (Å²) >= 11 is 12.5. The highest BCUT2D eigenvalue weighted by Crippen LogP contribution is 2.45. The molecule has 7 heteroatoms. The van der Waals surface area contributed by atoms with E-state index in [4.69, 9.17) is 32.9 Å².